The summed E-state index contributed by atoms with van der Waals surface area (Å²) >= 11 is 0. The zero-order chi connectivity index (χ0) is 23.5. The zero-order valence-corrected chi connectivity index (χ0v) is 21.3. The summed E-state index contributed by atoms with van der Waals surface area (Å²) in [6, 6.07) is 0. The maximum Gasteiger partial charge on any atom is 0.305 e. The molecule has 0 aromatic rings. The summed E-state index contributed by atoms with van der Waals surface area (Å²) in [4.78, 5) is 23.0. The van der Waals surface area contributed by atoms with Crippen LogP contribution in [0.4, 0.5) is 0 Å². The van der Waals surface area contributed by atoms with Crippen LogP contribution in [0.2, 0.25) is 0 Å². The minimum atomic E-state index is -0.0336. The first-order chi connectivity index (χ1) is 15.7. The number of unbranched alkanes of at least 4 members (excludes halogenated alkanes) is 14. The van der Waals surface area contributed by atoms with E-state index in [2.05, 4.69) is 26.0 Å². The molecule has 0 aromatic carbocycles. The van der Waals surface area contributed by atoms with Crippen LogP contribution in [0.15, 0.2) is 12.2 Å². The number of rotatable bonds is 24. The van der Waals surface area contributed by atoms with Gasteiger partial charge in [0.2, 0.25) is 0 Å². The van der Waals surface area contributed by atoms with Crippen LogP contribution in [0, 0.1) is 0 Å². The predicted octanol–water partition coefficient (Wildman–Crippen LogP) is 8.47. The van der Waals surface area contributed by atoms with Crippen molar-refractivity contribution >= 4 is 11.9 Å². The first-order valence-corrected chi connectivity index (χ1v) is 13.7. The summed E-state index contributed by atoms with van der Waals surface area (Å²) in [6.45, 7) is 5.37. The predicted molar refractivity (Wildman–Crippen MR) is 135 cm³/mol. The molecule has 0 aliphatic rings. The van der Waals surface area contributed by atoms with E-state index < -0.39 is 0 Å². The van der Waals surface area contributed by atoms with Crippen molar-refractivity contribution in [3.05, 3.63) is 12.2 Å². The summed E-state index contributed by atoms with van der Waals surface area (Å²) in [6.07, 6.45) is 26.7. The molecule has 0 radical (unpaired) electrons. The van der Waals surface area contributed by atoms with Gasteiger partial charge in [0.05, 0.1) is 13.2 Å². The molecule has 32 heavy (non-hydrogen) atoms. The van der Waals surface area contributed by atoms with Crippen LogP contribution >= 0.6 is 0 Å². The Bertz CT molecular complexity index is 445. The highest BCUT2D eigenvalue weighted by Gasteiger charge is 2.02. The molecule has 0 aromatic heterocycles. The summed E-state index contributed by atoms with van der Waals surface area (Å²) < 4.78 is 10.3. The molecule has 188 valence electrons. The van der Waals surface area contributed by atoms with Crippen LogP contribution in [0.25, 0.3) is 0 Å². The molecule has 0 fully saturated rings. The van der Waals surface area contributed by atoms with Crippen LogP contribution in [-0.4, -0.2) is 25.2 Å². The Morgan fingerprint density at radius 1 is 0.500 bits per heavy atom. The molecule has 0 rings (SSSR count). The fourth-order valence-corrected chi connectivity index (χ4v) is 3.52. The van der Waals surface area contributed by atoms with E-state index in [4.69, 9.17) is 9.47 Å². The lowest BCUT2D eigenvalue weighted by molar-refractivity contribution is -0.144. The van der Waals surface area contributed by atoms with Gasteiger partial charge in [-0.1, -0.05) is 90.2 Å². The van der Waals surface area contributed by atoms with Crippen molar-refractivity contribution < 1.29 is 19.1 Å². The van der Waals surface area contributed by atoms with Crippen molar-refractivity contribution in [3.63, 3.8) is 0 Å². The van der Waals surface area contributed by atoms with Crippen LogP contribution in [0.5, 0.6) is 0 Å². The Labute approximate surface area is 198 Å². The number of ether oxygens (including phenoxy) is 2. The third kappa shape index (κ3) is 24.9. The molecule has 0 N–H and O–H groups in total. The van der Waals surface area contributed by atoms with Crippen LogP contribution in [-0.2, 0) is 19.1 Å². The van der Waals surface area contributed by atoms with Gasteiger partial charge < -0.3 is 9.47 Å². The van der Waals surface area contributed by atoms with Gasteiger partial charge in [0.25, 0.3) is 0 Å². The molecule has 4 nitrogen and oxygen atoms in total. The SMILES string of the molecule is CCCCOC(=O)CCCCC/C=C/CCCCCCCCCCCC(=O)OCCCC. The van der Waals surface area contributed by atoms with Gasteiger partial charge in [-0.3, -0.25) is 9.59 Å². The van der Waals surface area contributed by atoms with Crippen molar-refractivity contribution in [1.29, 1.82) is 0 Å². The lowest BCUT2D eigenvalue weighted by atomic mass is 10.1. The second-order valence-electron chi connectivity index (χ2n) is 8.94. The fraction of sp³-hybridized carbons (Fsp3) is 0.857. The van der Waals surface area contributed by atoms with E-state index in [0.717, 1.165) is 57.8 Å². The van der Waals surface area contributed by atoms with Crippen LogP contribution in [0.3, 0.4) is 0 Å². The molecule has 0 atom stereocenters. The summed E-state index contributed by atoms with van der Waals surface area (Å²) in [5.41, 5.74) is 0. The van der Waals surface area contributed by atoms with Crippen LogP contribution < -0.4 is 0 Å². The highest BCUT2D eigenvalue weighted by Crippen LogP contribution is 2.12. The molecular weight excluding hydrogens is 400 g/mol. The fourth-order valence-electron chi connectivity index (χ4n) is 3.52. The molecule has 0 aliphatic heterocycles. The smallest absolute Gasteiger partial charge is 0.305 e. The molecule has 0 heterocycles. The minimum Gasteiger partial charge on any atom is -0.466 e. The molecular formula is C28H52O4. The van der Waals surface area contributed by atoms with Crippen molar-refractivity contribution in [3.8, 4) is 0 Å². The Morgan fingerprint density at radius 3 is 1.25 bits per heavy atom. The second-order valence-corrected chi connectivity index (χ2v) is 8.94. The molecule has 0 amide bonds. The highest BCUT2D eigenvalue weighted by molar-refractivity contribution is 5.69. The third-order valence-corrected chi connectivity index (χ3v) is 5.69. The van der Waals surface area contributed by atoms with E-state index in [-0.39, 0.29) is 11.9 Å². The number of hydrogen-bond acceptors (Lipinski definition) is 4. The Balaban J connectivity index is 3.21. The van der Waals surface area contributed by atoms with E-state index >= 15 is 0 Å². The lowest BCUT2D eigenvalue weighted by Crippen LogP contribution is -2.05. The number of esters is 2. The van der Waals surface area contributed by atoms with Gasteiger partial charge >= 0.3 is 11.9 Å². The van der Waals surface area contributed by atoms with Gasteiger partial charge in [-0.05, 0) is 51.4 Å². The normalized spacial score (nSPS) is 11.2. The van der Waals surface area contributed by atoms with Gasteiger partial charge in [0.1, 0.15) is 0 Å². The zero-order valence-electron chi connectivity index (χ0n) is 21.3. The van der Waals surface area contributed by atoms with Gasteiger partial charge in [-0.2, -0.15) is 0 Å². The summed E-state index contributed by atoms with van der Waals surface area (Å²) in [5.74, 6) is -0.0546. The van der Waals surface area contributed by atoms with Gasteiger partial charge in [-0.15, -0.1) is 0 Å². The minimum absolute atomic E-state index is 0.0211. The number of carbonyl (C=O) groups excluding carboxylic acids is 2. The van der Waals surface area contributed by atoms with E-state index in [1.165, 1.54) is 57.8 Å². The van der Waals surface area contributed by atoms with Gasteiger partial charge in [0, 0.05) is 12.8 Å². The average Bonchev–Trinajstić information content (AvgIpc) is 2.78. The van der Waals surface area contributed by atoms with E-state index in [0.29, 0.717) is 26.1 Å². The average molecular weight is 453 g/mol. The molecule has 0 saturated heterocycles. The van der Waals surface area contributed by atoms with Crippen molar-refractivity contribution in [2.75, 3.05) is 13.2 Å². The second kappa shape index (κ2) is 25.9. The topological polar surface area (TPSA) is 52.6 Å². The summed E-state index contributed by atoms with van der Waals surface area (Å²) in [5, 5.41) is 0. The Morgan fingerprint density at radius 2 is 0.844 bits per heavy atom. The maximum atomic E-state index is 11.5. The Hall–Kier alpha value is -1.32. The molecule has 0 aliphatic carbocycles. The monoisotopic (exact) mass is 452 g/mol. The first kappa shape index (κ1) is 30.7. The van der Waals surface area contributed by atoms with E-state index in [9.17, 15) is 9.59 Å². The standard InChI is InChI=1S/C28H52O4/c1-3-5-25-31-27(29)23-21-19-17-15-13-11-9-7-8-10-12-14-16-18-20-22-24-28(30)32-26-6-4-2/h11,13H,3-10,12,14-26H2,1-2H3/b13-11+. The lowest BCUT2D eigenvalue weighted by Gasteiger charge is -2.04. The van der Waals surface area contributed by atoms with Gasteiger partial charge in [-0.25, -0.2) is 0 Å². The van der Waals surface area contributed by atoms with Crippen molar-refractivity contribution in [2.45, 2.75) is 142 Å². The Kier molecular flexibility index (Phi) is 24.9. The number of allylic oxidation sites excluding steroid dienone is 2. The van der Waals surface area contributed by atoms with Crippen molar-refractivity contribution in [1.82, 2.24) is 0 Å². The van der Waals surface area contributed by atoms with Crippen molar-refractivity contribution in [2.24, 2.45) is 0 Å². The molecule has 0 bridgehead atoms. The summed E-state index contributed by atoms with van der Waals surface area (Å²) in [7, 11) is 0. The molecule has 4 heteroatoms. The number of hydrogen-bond donors (Lipinski definition) is 0. The van der Waals surface area contributed by atoms with Crippen LogP contribution in [0.1, 0.15) is 142 Å². The van der Waals surface area contributed by atoms with Gasteiger partial charge in [0.15, 0.2) is 0 Å². The highest BCUT2D eigenvalue weighted by atomic mass is 16.5. The molecule has 0 unspecified atom stereocenters. The third-order valence-electron chi connectivity index (χ3n) is 5.69. The molecule has 0 spiro atoms. The van der Waals surface area contributed by atoms with E-state index in [1.807, 2.05) is 0 Å². The first-order valence-electron chi connectivity index (χ1n) is 13.7. The van der Waals surface area contributed by atoms with E-state index in [1.54, 1.807) is 0 Å². The maximum absolute atomic E-state index is 11.5. The molecule has 0 saturated carbocycles. The number of carbonyl (C=O) groups is 2. The quantitative estimate of drug-likeness (QED) is 0.0837. The largest absolute Gasteiger partial charge is 0.466 e.